The van der Waals surface area contributed by atoms with Crippen molar-refractivity contribution in [3.63, 3.8) is 0 Å². The first kappa shape index (κ1) is 9.78. The molecule has 0 bridgehead atoms. The maximum absolute atomic E-state index is 9.02. The molecule has 1 unspecified atom stereocenters. The van der Waals surface area contributed by atoms with Gasteiger partial charge in [-0.15, -0.1) is 0 Å². The quantitative estimate of drug-likeness (QED) is 0.749. The summed E-state index contributed by atoms with van der Waals surface area (Å²) in [4.78, 5) is 6.44. The summed E-state index contributed by atoms with van der Waals surface area (Å²) in [6, 6.07) is 4.30. The van der Waals surface area contributed by atoms with E-state index in [1.807, 2.05) is 0 Å². The van der Waals surface area contributed by atoms with Crippen LogP contribution >= 0.6 is 0 Å². The zero-order chi connectivity index (χ0) is 10.8. The van der Waals surface area contributed by atoms with Crippen LogP contribution in [0.4, 0.5) is 11.5 Å². The van der Waals surface area contributed by atoms with Gasteiger partial charge in [0.15, 0.2) is 0 Å². The average molecular weight is 202 g/mol. The minimum Gasteiger partial charge on any atom is -0.397 e. The van der Waals surface area contributed by atoms with Crippen LogP contribution in [0.25, 0.3) is 0 Å². The fraction of sp³-hybridized carbons (Fsp3) is 0.455. The predicted octanol–water partition coefficient (Wildman–Crippen LogP) is 1.52. The lowest BCUT2D eigenvalue weighted by molar-refractivity contribution is 0.726. The maximum Gasteiger partial charge on any atom is 0.146 e. The zero-order valence-corrected chi connectivity index (χ0v) is 8.77. The van der Waals surface area contributed by atoms with E-state index in [9.17, 15) is 0 Å². The first-order valence-corrected chi connectivity index (χ1v) is 5.14. The lowest BCUT2D eigenvalue weighted by atomic mass is 10.2. The molecule has 1 aromatic rings. The Morgan fingerprint density at radius 3 is 3.07 bits per heavy atom. The van der Waals surface area contributed by atoms with Gasteiger partial charge in [0.25, 0.3) is 0 Å². The Morgan fingerprint density at radius 1 is 1.67 bits per heavy atom. The van der Waals surface area contributed by atoms with Crippen molar-refractivity contribution >= 4 is 11.5 Å². The van der Waals surface area contributed by atoms with Gasteiger partial charge in [0.2, 0.25) is 0 Å². The van der Waals surface area contributed by atoms with Crippen LogP contribution < -0.4 is 10.6 Å². The molecule has 4 heteroatoms. The summed E-state index contributed by atoms with van der Waals surface area (Å²) in [6.07, 6.45) is 3.94. The highest BCUT2D eigenvalue weighted by atomic mass is 15.2. The molecule has 4 nitrogen and oxygen atoms in total. The van der Waals surface area contributed by atoms with Crippen LogP contribution in [0.15, 0.2) is 12.3 Å². The number of hydrogen-bond donors (Lipinski definition) is 1. The monoisotopic (exact) mass is 202 g/mol. The molecular weight excluding hydrogens is 188 g/mol. The summed E-state index contributed by atoms with van der Waals surface area (Å²) < 4.78 is 0. The third-order valence-electron chi connectivity index (χ3n) is 2.83. The number of aromatic nitrogens is 1. The van der Waals surface area contributed by atoms with Crippen LogP contribution in [0.2, 0.25) is 0 Å². The summed E-state index contributed by atoms with van der Waals surface area (Å²) in [5.41, 5.74) is 6.72. The van der Waals surface area contributed by atoms with Gasteiger partial charge in [-0.05, 0) is 25.8 Å². The van der Waals surface area contributed by atoms with E-state index in [1.54, 1.807) is 12.3 Å². The van der Waals surface area contributed by atoms with Crippen molar-refractivity contribution in [2.24, 2.45) is 0 Å². The van der Waals surface area contributed by atoms with Crippen molar-refractivity contribution in [1.82, 2.24) is 4.98 Å². The van der Waals surface area contributed by atoms with Crippen LogP contribution in [-0.4, -0.2) is 17.6 Å². The number of hydrogen-bond acceptors (Lipinski definition) is 4. The second-order valence-corrected chi connectivity index (χ2v) is 3.94. The third kappa shape index (κ3) is 1.73. The highest BCUT2D eigenvalue weighted by molar-refractivity contribution is 5.59. The van der Waals surface area contributed by atoms with Crippen molar-refractivity contribution in [3.05, 3.63) is 17.8 Å². The largest absolute Gasteiger partial charge is 0.397 e. The van der Waals surface area contributed by atoms with Crippen LogP contribution in [0.5, 0.6) is 0 Å². The molecule has 0 amide bonds. The van der Waals surface area contributed by atoms with Gasteiger partial charge in [0, 0.05) is 12.6 Å². The topological polar surface area (TPSA) is 65.9 Å². The normalized spacial score (nSPS) is 20.3. The van der Waals surface area contributed by atoms with Crippen LogP contribution in [0.3, 0.4) is 0 Å². The number of pyridine rings is 1. The summed E-state index contributed by atoms with van der Waals surface area (Å²) >= 11 is 0. The highest BCUT2D eigenvalue weighted by Gasteiger charge is 2.23. The average Bonchev–Trinajstić information content (AvgIpc) is 2.64. The van der Waals surface area contributed by atoms with Crippen LogP contribution in [0, 0.1) is 11.3 Å². The summed E-state index contributed by atoms with van der Waals surface area (Å²) in [5.74, 6) is 0.775. The van der Waals surface area contributed by atoms with E-state index in [0.29, 0.717) is 17.3 Å². The van der Waals surface area contributed by atoms with Crippen LogP contribution in [-0.2, 0) is 0 Å². The summed E-state index contributed by atoms with van der Waals surface area (Å²) in [6.45, 7) is 3.14. The van der Waals surface area contributed by atoms with Crippen molar-refractivity contribution in [1.29, 1.82) is 5.26 Å². The molecule has 0 spiro atoms. The molecule has 0 aliphatic carbocycles. The molecule has 1 atom stereocenters. The number of anilines is 2. The molecule has 1 aromatic heterocycles. The molecule has 78 valence electrons. The molecule has 0 saturated carbocycles. The molecule has 1 aliphatic rings. The van der Waals surface area contributed by atoms with E-state index < -0.39 is 0 Å². The molecule has 1 saturated heterocycles. The second-order valence-electron chi connectivity index (χ2n) is 3.94. The molecule has 2 heterocycles. The van der Waals surface area contributed by atoms with Crippen LogP contribution in [0.1, 0.15) is 25.3 Å². The Labute approximate surface area is 89.3 Å². The molecule has 1 aliphatic heterocycles. The van der Waals surface area contributed by atoms with Gasteiger partial charge in [-0.1, -0.05) is 0 Å². The van der Waals surface area contributed by atoms with Gasteiger partial charge in [-0.2, -0.15) is 5.26 Å². The highest BCUT2D eigenvalue weighted by Crippen LogP contribution is 2.26. The SMILES string of the molecule is CC1CCCN1c1ncc(N)cc1C#N. The van der Waals surface area contributed by atoms with E-state index in [-0.39, 0.29) is 0 Å². The summed E-state index contributed by atoms with van der Waals surface area (Å²) in [5, 5.41) is 9.02. The lowest BCUT2D eigenvalue weighted by Gasteiger charge is -2.23. The van der Waals surface area contributed by atoms with Crippen molar-refractivity contribution in [2.45, 2.75) is 25.8 Å². The van der Waals surface area contributed by atoms with Gasteiger partial charge >= 0.3 is 0 Å². The maximum atomic E-state index is 9.02. The summed E-state index contributed by atoms with van der Waals surface area (Å²) in [7, 11) is 0. The third-order valence-corrected chi connectivity index (χ3v) is 2.83. The van der Waals surface area contributed by atoms with Gasteiger partial charge < -0.3 is 10.6 Å². The number of nitrogens with zero attached hydrogens (tertiary/aromatic N) is 3. The van der Waals surface area contributed by atoms with Gasteiger partial charge in [0.1, 0.15) is 11.9 Å². The standard InChI is InChI=1S/C11H14N4/c1-8-3-2-4-15(8)11-9(6-12)5-10(13)7-14-11/h5,7-8H,2-4,13H2,1H3. The minimum atomic E-state index is 0.466. The zero-order valence-electron chi connectivity index (χ0n) is 8.77. The van der Waals surface area contributed by atoms with Gasteiger partial charge in [0.05, 0.1) is 17.4 Å². The minimum absolute atomic E-state index is 0.466. The lowest BCUT2D eigenvalue weighted by Crippen LogP contribution is -2.28. The second kappa shape index (κ2) is 3.77. The van der Waals surface area contributed by atoms with E-state index in [0.717, 1.165) is 25.2 Å². The van der Waals surface area contributed by atoms with Gasteiger partial charge in [-0.3, -0.25) is 0 Å². The Bertz CT molecular complexity index is 408. The fourth-order valence-electron chi connectivity index (χ4n) is 2.03. The van der Waals surface area contributed by atoms with Crippen molar-refractivity contribution in [3.8, 4) is 6.07 Å². The first-order chi connectivity index (χ1) is 7.22. The van der Waals surface area contributed by atoms with Crippen molar-refractivity contribution < 1.29 is 0 Å². The number of nitrogens with two attached hydrogens (primary N) is 1. The molecule has 2 rings (SSSR count). The molecule has 0 radical (unpaired) electrons. The number of nitrogen functional groups attached to an aromatic ring is 1. The predicted molar refractivity (Wildman–Crippen MR) is 59.4 cm³/mol. The molecule has 2 N–H and O–H groups in total. The Kier molecular flexibility index (Phi) is 2.46. The van der Waals surface area contributed by atoms with Gasteiger partial charge in [-0.25, -0.2) is 4.98 Å². The molecule has 0 aromatic carbocycles. The smallest absolute Gasteiger partial charge is 0.146 e. The number of rotatable bonds is 1. The molecule has 1 fully saturated rings. The Hall–Kier alpha value is -1.76. The van der Waals surface area contributed by atoms with E-state index in [1.165, 1.54) is 0 Å². The Morgan fingerprint density at radius 2 is 2.47 bits per heavy atom. The molecular formula is C11H14N4. The Balaban J connectivity index is 2.39. The van der Waals surface area contributed by atoms with E-state index in [2.05, 4.69) is 22.9 Å². The molecule has 15 heavy (non-hydrogen) atoms. The first-order valence-electron chi connectivity index (χ1n) is 5.14. The fourth-order valence-corrected chi connectivity index (χ4v) is 2.03. The van der Waals surface area contributed by atoms with Crippen molar-refractivity contribution in [2.75, 3.05) is 17.2 Å². The van der Waals surface area contributed by atoms with E-state index >= 15 is 0 Å². The van der Waals surface area contributed by atoms with E-state index in [4.69, 9.17) is 11.0 Å². The number of nitriles is 1.